The van der Waals surface area contributed by atoms with E-state index < -0.39 is 5.63 Å². The van der Waals surface area contributed by atoms with E-state index in [4.69, 9.17) is 9.15 Å². The van der Waals surface area contributed by atoms with Crippen LogP contribution in [0.5, 0.6) is 0 Å². The highest BCUT2D eigenvalue weighted by Crippen LogP contribution is 2.38. The van der Waals surface area contributed by atoms with Crippen molar-refractivity contribution in [3.63, 3.8) is 0 Å². The Balaban J connectivity index is 0.00000225. The molecule has 140 valence electrons. The number of amides is 1. The second-order valence-corrected chi connectivity index (χ2v) is 7.01. The van der Waals surface area contributed by atoms with Gasteiger partial charge in [0.05, 0.1) is 0 Å². The molecule has 1 atom stereocenters. The quantitative estimate of drug-likeness (QED) is 0.801. The fourth-order valence-corrected chi connectivity index (χ4v) is 3.39. The molecule has 1 aromatic rings. The van der Waals surface area contributed by atoms with E-state index in [0.29, 0.717) is 17.9 Å². The maximum Gasteiger partial charge on any atom is 0.349 e. The Labute approximate surface area is 154 Å². The first-order valence-corrected chi connectivity index (χ1v) is 8.71. The van der Waals surface area contributed by atoms with Crippen molar-refractivity contribution in [2.24, 2.45) is 0 Å². The Hall–Kier alpha value is -1.37. The van der Waals surface area contributed by atoms with Crippen molar-refractivity contribution in [3.05, 3.63) is 33.4 Å². The number of methoxy groups -OCH3 is 1. The molecule has 25 heavy (non-hydrogen) atoms. The van der Waals surface area contributed by atoms with Crippen molar-refractivity contribution >= 4 is 18.3 Å². The van der Waals surface area contributed by atoms with Crippen LogP contribution in [0.25, 0.3) is 0 Å². The Kier molecular flexibility index (Phi) is 6.65. The van der Waals surface area contributed by atoms with E-state index >= 15 is 0 Å². The van der Waals surface area contributed by atoms with Crippen molar-refractivity contribution in [1.29, 1.82) is 0 Å². The minimum atomic E-state index is -0.532. The van der Waals surface area contributed by atoms with Gasteiger partial charge in [0, 0.05) is 31.7 Å². The summed E-state index contributed by atoms with van der Waals surface area (Å²) in [7, 11) is 1.65. The van der Waals surface area contributed by atoms with Crippen LogP contribution in [0.2, 0.25) is 0 Å². The maximum absolute atomic E-state index is 12.6. The lowest BCUT2D eigenvalue weighted by Gasteiger charge is -2.22. The van der Waals surface area contributed by atoms with Crippen molar-refractivity contribution in [2.75, 3.05) is 26.8 Å². The number of carbonyl (C=O) groups excluding carboxylic acids is 1. The van der Waals surface area contributed by atoms with Crippen LogP contribution >= 0.6 is 12.4 Å². The van der Waals surface area contributed by atoms with Crippen molar-refractivity contribution in [3.8, 4) is 0 Å². The Morgan fingerprint density at radius 1 is 1.48 bits per heavy atom. The molecule has 0 bridgehead atoms. The van der Waals surface area contributed by atoms with Gasteiger partial charge in [0.25, 0.3) is 5.91 Å². The van der Waals surface area contributed by atoms with Gasteiger partial charge in [-0.25, -0.2) is 4.79 Å². The normalized spacial score (nSPS) is 21.3. The molecule has 1 unspecified atom stereocenters. The number of nitrogens with one attached hydrogen (secondary N) is 2. The summed E-state index contributed by atoms with van der Waals surface area (Å²) in [6.07, 6.45) is 4.70. The molecular formula is C18H27ClN2O4. The maximum atomic E-state index is 12.6. The first-order valence-electron chi connectivity index (χ1n) is 8.71. The topological polar surface area (TPSA) is 80.6 Å². The number of hydrogen-bond acceptors (Lipinski definition) is 5. The van der Waals surface area contributed by atoms with Crippen LogP contribution in [-0.2, 0) is 4.74 Å². The molecule has 2 heterocycles. The van der Waals surface area contributed by atoms with Crippen molar-refractivity contribution in [1.82, 2.24) is 10.6 Å². The molecule has 2 N–H and O–H groups in total. The second kappa shape index (κ2) is 8.34. The highest BCUT2D eigenvalue weighted by atomic mass is 35.5. The third-order valence-electron chi connectivity index (χ3n) is 5.11. The van der Waals surface area contributed by atoms with Gasteiger partial charge in [-0.3, -0.25) is 4.79 Å². The lowest BCUT2D eigenvalue weighted by atomic mass is 9.95. The van der Waals surface area contributed by atoms with Gasteiger partial charge in [0.1, 0.15) is 11.3 Å². The molecule has 0 radical (unpaired) electrons. The zero-order valence-electron chi connectivity index (χ0n) is 14.9. The summed E-state index contributed by atoms with van der Waals surface area (Å²) in [5, 5.41) is 6.32. The molecule has 3 rings (SSSR count). The standard InChI is InChI=1S/C18H26N2O4.ClH/c1-12-10-14(13-4-3-8-19-11-13)24-17(22)15(12)16(21)20-18(5-6-18)7-9-23-2;/h10,13,19H,3-9,11H2,1-2H3,(H,20,21);1H. The Bertz CT molecular complexity index is 664. The van der Waals surface area contributed by atoms with Gasteiger partial charge in [0.2, 0.25) is 0 Å². The third kappa shape index (κ3) is 4.63. The third-order valence-corrected chi connectivity index (χ3v) is 5.11. The number of carbonyl (C=O) groups is 1. The summed E-state index contributed by atoms with van der Waals surface area (Å²) in [6.45, 7) is 4.22. The average molecular weight is 371 g/mol. The van der Waals surface area contributed by atoms with Crippen LogP contribution in [0, 0.1) is 6.92 Å². The molecule has 2 fully saturated rings. The largest absolute Gasteiger partial charge is 0.427 e. The molecule has 1 amide bonds. The lowest BCUT2D eigenvalue weighted by Crippen LogP contribution is -2.40. The Morgan fingerprint density at radius 2 is 2.24 bits per heavy atom. The van der Waals surface area contributed by atoms with Gasteiger partial charge in [0.15, 0.2) is 0 Å². The highest BCUT2D eigenvalue weighted by molar-refractivity contribution is 5.95. The van der Waals surface area contributed by atoms with Gasteiger partial charge in [-0.15, -0.1) is 12.4 Å². The molecule has 0 spiro atoms. The first-order chi connectivity index (χ1) is 11.5. The van der Waals surface area contributed by atoms with E-state index in [1.165, 1.54) is 0 Å². The van der Waals surface area contributed by atoms with Crippen LogP contribution in [-0.4, -0.2) is 38.3 Å². The van der Waals surface area contributed by atoms with Crippen LogP contribution < -0.4 is 16.3 Å². The van der Waals surface area contributed by atoms with Gasteiger partial charge in [-0.05, 0) is 57.2 Å². The van der Waals surface area contributed by atoms with Crippen LogP contribution in [0.3, 0.4) is 0 Å². The monoisotopic (exact) mass is 370 g/mol. The van der Waals surface area contributed by atoms with E-state index in [1.807, 2.05) is 6.07 Å². The molecule has 7 heteroatoms. The minimum Gasteiger partial charge on any atom is -0.427 e. The fraction of sp³-hybridized carbons (Fsp3) is 0.667. The predicted molar refractivity (Wildman–Crippen MR) is 97.7 cm³/mol. The summed E-state index contributed by atoms with van der Waals surface area (Å²) >= 11 is 0. The highest BCUT2D eigenvalue weighted by Gasteiger charge is 2.44. The van der Waals surface area contributed by atoms with E-state index in [1.54, 1.807) is 14.0 Å². The van der Waals surface area contributed by atoms with Gasteiger partial charge < -0.3 is 19.8 Å². The van der Waals surface area contributed by atoms with Crippen molar-refractivity contribution < 1.29 is 13.9 Å². The lowest BCUT2D eigenvalue weighted by molar-refractivity contribution is 0.0911. The number of ether oxygens (including phenoxy) is 1. The van der Waals surface area contributed by atoms with Gasteiger partial charge >= 0.3 is 5.63 Å². The molecule has 2 aliphatic rings. The summed E-state index contributed by atoms with van der Waals surface area (Å²) in [6, 6.07) is 1.85. The molecule has 1 aliphatic carbocycles. The molecule has 6 nitrogen and oxygen atoms in total. The summed E-state index contributed by atoms with van der Waals surface area (Å²) in [5.74, 6) is 0.559. The van der Waals surface area contributed by atoms with Gasteiger partial charge in [-0.1, -0.05) is 0 Å². The first kappa shape index (κ1) is 19.9. The molecule has 0 aromatic carbocycles. The van der Waals surface area contributed by atoms with Gasteiger partial charge in [-0.2, -0.15) is 0 Å². The van der Waals surface area contributed by atoms with E-state index in [2.05, 4.69) is 10.6 Å². The van der Waals surface area contributed by atoms with Crippen LogP contribution in [0.15, 0.2) is 15.3 Å². The zero-order valence-corrected chi connectivity index (χ0v) is 15.7. The molecule has 1 aromatic heterocycles. The molecule has 1 saturated heterocycles. The molecular weight excluding hydrogens is 344 g/mol. The summed E-state index contributed by atoms with van der Waals surface area (Å²) < 4.78 is 10.6. The van der Waals surface area contributed by atoms with Crippen molar-refractivity contribution in [2.45, 2.75) is 50.5 Å². The van der Waals surface area contributed by atoms with Crippen LogP contribution in [0.4, 0.5) is 0 Å². The number of rotatable bonds is 6. The molecule has 1 saturated carbocycles. The smallest absolute Gasteiger partial charge is 0.349 e. The minimum absolute atomic E-state index is 0. The second-order valence-electron chi connectivity index (χ2n) is 7.01. The van der Waals surface area contributed by atoms with E-state index in [-0.39, 0.29) is 35.3 Å². The van der Waals surface area contributed by atoms with Crippen LogP contribution in [0.1, 0.15) is 59.7 Å². The molecule has 1 aliphatic heterocycles. The SMILES string of the molecule is COCCC1(NC(=O)c2c(C)cc(C3CCCNC3)oc2=O)CC1.Cl. The number of hydrogen-bond donors (Lipinski definition) is 2. The number of piperidine rings is 1. The fourth-order valence-electron chi connectivity index (χ4n) is 3.39. The van der Waals surface area contributed by atoms with E-state index in [0.717, 1.165) is 45.2 Å². The summed E-state index contributed by atoms with van der Waals surface area (Å²) in [5.41, 5.74) is 0.0754. The number of halogens is 1. The zero-order chi connectivity index (χ0) is 17.2. The average Bonchev–Trinajstić information content (AvgIpc) is 3.32. The summed E-state index contributed by atoms with van der Waals surface area (Å²) in [4.78, 5) is 25.0. The Morgan fingerprint density at radius 3 is 2.80 bits per heavy atom. The number of aryl methyl sites for hydroxylation is 1. The van der Waals surface area contributed by atoms with E-state index in [9.17, 15) is 9.59 Å². The predicted octanol–water partition coefficient (Wildman–Crippen LogP) is 2.14.